The summed E-state index contributed by atoms with van der Waals surface area (Å²) in [4.78, 5) is 4.75. The van der Waals surface area contributed by atoms with Gasteiger partial charge in [-0.3, -0.25) is 0 Å². The monoisotopic (exact) mass is 294 g/mol. The second-order valence-corrected chi connectivity index (χ2v) is 6.77. The first-order valence-electron chi connectivity index (χ1n) is 7.65. The van der Waals surface area contributed by atoms with E-state index in [2.05, 4.69) is 43.5 Å². The van der Waals surface area contributed by atoms with E-state index in [1.165, 1.54) is 5.52 Å². The van der Waals surface area contributed by atoms with Gasteiger partial charge in [-0.25, -0.2) is 4.98 Å². The molecule has 22 heavy (non-hydrogen) atoms. The molecule has 0 saturated carbocycles. The van der Waals surface area contributed by atoms with Crippen LogP contribution in [0.15, 0.2) is 54.6 Å². The molecule has 0 saturated heterocycles. The fourth-order valence-corrected chi connectivity index (χ4v) is 2.55. The first-order valence-corrected chi connectivity index (χ1v) is 7.65. The van der Waals surface area contributed by atoms with Gasteiger partial charge in [0, 0.05) is 6.54 Å². The largest absolute Gasteiger partial charge is 0.486 e. The number of nitrogens with zero attached hydrogens (tertiary/aromatic N) is 2. The SMILES string of the molecule is CC(C)(C)Cn1c(COc2ccccc2)nc2ccccc21. The van der Waals surface area contributed by atoms with E-state index in [4.69, 9.17) is 9.72 Å². The van der Waals surface area contributed by atoms with Gasteiger partial charge in [0.15, 0.2) is 0 Å². The van der Waals surface area contributed by atoms with Gasteiger partial charge in [-0.05, 0) is 29.7 Å². The Bertz CT molecular complexity index is 754. The Morgan fingerprint density at radius 3 is 2.36 bits per heavy atom. The van der Waals surface area contributed by atoms with E-state index in [1.54, 1.807) is 0 Å². The maximum atomic E-state index is 5.89. The normalized spacial score (nSPS) is 11.8. The van der Waals surface area contributed by atoms with Gasteiger partial charge in [-0.1, -0.05) is 51.1 Å². The summed E-state index contributed by atoms with van der Waals surface area (Å²) >= 11 is 0. The van der Waals surface area contributed by atoms with Crippen LogP contribution in [-0.2, 0) is 13.2 Å². The molecule has 3 nitrogen and oxygen atoms in total. The minimum atomic E-state index is 0.185. The molecule has 0 radical (unpaired) electrons. The van der Waals surface area contributed by atoms with Crippen LogP contribution in [0.1, 0.15) is 26.6 Å². The average molecular weight is 294 g/mol. The smallest absolute Gasteiger partial charge is 0.148 e. The highest BCUT2D eigenvalue weighted by atomic mass is 16.5. The Hall–Kier alpha value is -2.29. The first-order chi connectivity index (χ1) is 10.5. The van der Waals surface area contributed by atoms with E-state index in [1.807, 2.05) is 36.4 Å². The quantitative estimate of drug-likeness (QED) is 0.699. The summed E-state index contributed by atoms with van der Waals surface area (Å²) < 4.78 is 8.17. The van der Waals surface area contributed by atoms with Crippen LogP contribution in [0.2, 0.25) is 0 Å². The number of rotatable bonds is 4. The fraction of sp³-hybridized carbons (Fsp3) is 0.316. The third-order valence-electron chi connectivity index (χ3n) is 3.48. The third-order valence-corrected chi connectivity index (χ3v) is 3.48. The molecule has 0 atom stereocenters. The minimum absolute atomic E-state index is 0.185. The molecule has 1 aromatic heterocycles. The number of aromatic nitrogens is 2. The van der Waals surface area contributed by atoms with Crippen molar-refractivity contribution in [2.45, 2.75) is 33.9 Å². The summed E-state index contributed by atoms with van der Waals surface area (Å²) in [5.74, 6) is 1.84. The molecule has 0 spiro atoms. The van der Waals surface area contributed by atoms with E-state index in [-0.39, 0.29) is 5.41 Å². The van der Waals surface area contributed by atoms with Crippen LogP contribution in [0, 0.1) is 5.41 Å². The lowest BCUT2D eigenvalue weighted by Gasteiger charge is -2.21. The summed E-state index contributed by atoms with van der Waals surface area (Å²) in [5, 5.41) is 0. The Kier molecular flexibility index (Phi) is 3.88. The van der Waals surface area contributed by atoms with E-state index >= 15 is 0 Å². The highest BCUT2D eigenvalue weighted by Gasteiger charge is 2.17. The van der Waals surface area contributed by atoms with Gasteiger partial charge in [-0.15, -0.1) is 0 Å². The van der Waals surface area contributed by atoms with Crippen LogP contribution < -0.4 is 4.74 Å². The van der Waals surface area contributed by atoms with Gasteiger partial charge >= 0.3 is 0 Å². The van der Waals surface area contributed by atoms with E-state index in [9.17, 15) is 0 Å². The van der Waals surface area contributed by atoms with Gasteiger partial charge in [0.25, 0.3) is 0 Å². The molecule has 3 heteroatoms. The van der Waals surface area contributed by atoms with Crippen molar-refractivity contribution in [2.24, 2.45) is 5.41 Å². The summed E-state index contributed by atoms with van der Waals surface area (Å²) in [6, 6.07) is 18.2. The third kappa shape index (κ3) is 3.30. The van der Waals surface area contributed by atoms with Gasteiger partial charge in [0.05, 0.1) is 11.0 Å². The molecule has 2 aromatic carbocycles. The van der Waals surface area contributed by atoms with Gasteiger partial charge in [0.1, 0.15) is 18.2 Å². The van der Waals surface area contributed by atoms with Crippen LogP contribution in [0.3, 0.4) is 0 Å². The molecule has 0 aliphatic rings. The van der Waals surface area contributed by atoms with Crippen molar-refractivity contribution in [1.82, 2.24) is 9.55 Å². The molecule has 0 aliphatic heterocycles. The summed E-state index contributed by atoms with van der Waals surface area (Å²) in [7, 11) is 0. The Balaban J connectivity index is 1.92. The highest BCUT2D eigenvalue weighted by molar-refractivity contribution is 5.75. The Morgan fingerprint density at radius 1 is 0.955 bits per heavy atom. The number of imidazole rings is 1. The summed E-state index contributed by atoms with van der Waals surface area (Å²) in [5.41, 5.74) is 2.38. The molecule has 0 N–H and O–H groups in total. The maximum absolute atomic E-state index is 5.89. The molecule has 1 heterocycles. The number of ether oxygens (including phenoxy) is 1. The molecule has 114 valence electrons. The molecule has 0 unspecified atom stereocenters. The maximum Gasteiger partial charge on any atom is 0.148 e. The second kappa shape index (κ2) is 5.84. The second-order valence-electron chi connectivity index (χ2n) is 6.77. The van der Waals surface area contributed by atoms with E-state index in [0.717, 1.165) is 23.6 Å². The zero-order chi connectivity index (χ0) is 15.6. The predicted octanol–water partition coefficient (Wildman–Crippen LogP) is 4.66. The molecular weight excluding hydrogens is 272 g/mol. The van der Waals surface area contributed by atoms with Gasteiger partial charge < -0.3 is 9.30 Å². The standard InChI is InChI=1S/C19H22N2O/c1-19(2,3)14-21-17-12-8-7-11-16(17)20-18(21)13-22-15-9-5-4-6-10-15/h4-12H,13-14H2,1-3H3. The van der Waals surface area contributed by atoms with E-state index in [0.29, 0.717) is 6.61 Å². The molecule has 0 fully saturated rings. The van der Waals surface area contributed by atoms with Crippen molar-refractivity contribution < 1.29 is 4.74 Å². The number of hydrogen-bond donors (Lipinski definition) is 0. The number of benzene rings is 2. The number of hydrogen-bond acceptors (Lipinski definition) is 2. The average Bonchev–Trinajstić information content (AvgIpc) is 2.83. The lowest BCUT2D eigenvalue weighted by molar-refractivity contribution is 0.275. The zero-order valence-electron chi connectivity index (χ0n) is 13.4. The van der Waals surface area contributed by atoms with Gasteiger partial charge in [0.2, 0.25) is 0 Å². The fourth-order valence-electron chi connectivity index (χ4n) is 2.55. The molecule has 0 aliphatic carbocycles. The van der Waals surface area contributed by atoms with Crippen molar-refractivity contribution in [3.05, 3.63) is 60.4 Å². The van der Waals surface area contributed by atoms with Crippen LogP contribution in [0.5, 0.6) is 5.75 Å². The Labute approximate surface area is 131 Å². The lowest BCUT2D eigenvalue weighted by Crippen LogP contribution is -2.18. The summed E-state index contributed by atoms with van der Waals surface area (Å²) in [6.07, 6.45) is 0. The minimum Gasteiger partial charge on any atom is -0.486 e. The van der Waals surface area contributed by atoms with E-state index < -0.39 is 0 Å². The van der Waals surface area contributed by atoms with Crippen molar-refractivity contribution >= 4 is 11.0 Å². The molecule has 3 rings (SSSR count). The topological polar surface area (TPSA) is 27.1 Å². The van der Waals surface area contributed by atoms with Crippen LogP contribution in [0.4, 0.5) is 0 Å². The molecule has 0 amide bonds. The van der Waals surface area contributed by atoms with Crippen LogP contribution in [-0.4, -0.2) is 9.55 Å². The van der Waals surface area contributed by atoms with Crippen LogP contribution >= 0.6 is 0 Å². The van der Waals surface area contributed by atoms with Crippen molar-refractivity contribution in [1.29, 1.82) is 0 Å². The predicted molar refractivity (Wildman–Crippen MR) is 90.0 cm³/mol. The first kappa shape index (κ1) is 14.6. The van der Waals surface area contributed by atoms with Gasteiger partial charge in [-0.2, -0.15) is 0 Å². The highest BCUT2D eigenvalue weighted by Crippen LogP contribution is 2.24. The number of fused-ring (bicyclic) bond motifs is 1. The molecule has 3 aromatic rings. The summed E-state index contributed by atoms with van der Waals surface area (Å²) in [6.45, 7) is 8.12. The zero-order valence-corrected chi connectivity index (χ0v) is 13.4. The van der Waals surface area contributed by atoms with Crippen molar-refractivity contribution in [2.75, 3.05) is 0 Å². The van der Waals surface area contributed by atoms with Crippen molar-refractivity contribution in [3.63, 3.8) is 0 Å². The molecular formula is C19H22N2O. The lowest BCUT2D eigenvalue weighted by atomic mass is 9.97. The van der Waals surface area contributed by atoms with Crippen molar-refractivity contribution in [3.8, 4) is 5.75 Å². The molecule has 0 bridgehead atoms. The number of para-hydroxylation sites is 3. The van der Waals surface area contributed by atoms with Crippen LogP contribution in [0.25, 0.3) is 11.0 Å². The Morgan fingerprint density at radius 2 is 1.64 bits per heavy atom.